The average molecular weight is 387 g/mol. The lowest BCUT2D eigenvalue weighted by Crippen LogP contribution is -2.30. The molecule has 0 spiro atoms. The molecule has 148 valence electrons. The smallest absolute Gasteiger partial charge is 0.342 e. The first-order chi connectivity index (χ1) is 13.5. The number of rotatable bonds is 6. The standard InChI is InChI=1S/C20H21NO7/c1-12(28-20(23)15-6-5-14(24-2)11-17(15)25-3)19(22)21-13-4-7-16-18(10-13)27-9-8-26-16/h4-7,10-12H,8-9H2,1-3H3,(H,21,22)/t12-/m0/s1. The molecule has 1 heterocycles. The number of nitrogens with one attached hydrogen (secondary N) is 1. The monoisotopic (exact) mass is 387 g/mol. The molecule has 1 atom stereocenters. The fourth-order valence-electron chi connectivity index (χ4n) is 2.61. The van der Waals surface area contributed by atoms with E-state index in [1.807, 2.05) is 0 Å². The number of esters is 1. The van der Waals surface area contributed by atoms with E-state index in [1.165, 1.54) is 27.2 Å². The minimum Gasteiger partial charge on any atom is -0.497 e. The Labute approximate surface area is 162 Å². The molecule has 1 amide bonds. The van der Waals surface area contributed by atoms with Gasteiger partial charge in [-0.2, -0.15) is 0 Å². The summed E-state index contributed by atoms with van der Waals surface area (Å²) in [5, 5.41) is 2.69. The molecule has 3 rings (SSSR count). The molecule has 8 heteroatoms. The van der Waals surface area contributed by atoms with Gasteiger partial charge >= 0.3 is 5.97 Å². The third kappa shape index (κ3) is 4.28. The van der Waals surface area contributed by atoms with Crippen molar-refractivity contribution in [3.05, 3.63) is 42.0 Å². The maximum absolute atomic E-state index is 12.4. The lowest BCUT2D eigenvalue weighted by atomic mass is 10.2. The number of ether oxygens (including phenoxy) is 5. The molecule has 1 aliphatic rings. The zero-order valence-corrected chi connectivity index (χ0v) is 15.8. The number of hydrogen-bond acceptors (Lipinski definition) is 7. The Balaban J connectivity index is 1.65. The number of hydrogen-bond donors (Lipinski definition) is 1. The Morgan fingerprint density at radius 2 is 1.75 bits per heavy atom. The maximum Gasteiger partial charge on any atom is 0.342 e. The van der Waals surface area contributed by atoms with Crippen LogP contribution < -0.4 is 24.3 Å². The topological polar surface area (TPSA) is 92.3 Å². The predicted octanol–water partition coefficient (Wildman–Crippen LogP) is 2.66. The van der Waals surface area contributed by atoms with Gasteiger partial charge in [-0.05, 0) is 31.2 Å². The molecule has 0 aliphatic carbocycles. The Bertz CT molecular complexity index is 881. The van der Waals surface area contributed by atoms with Crippen LogP contribution in [0.4, 0.5) is 5.69 Å². The van der Waals surface area contributed by atoms with Crippen LogP contribution in [0.1, 0.15) is 17.3 Å². The Hall–Kier alpha value is -3.42. The van der Waals surface area contributed by atoms with Gasteiger partial charge in [0.15, 0.2) is 17.6 Å². The molecular weight excluding hydrogens is 366 g/mol. The Morgan fingerprint density at radius 3 is 2.46 bits per heavy atom. The van der Waals surface area contributed by atoms with Gasteiger partial charge in [-0.15, -0.1) is 0 Å². The first kappa shape index (κ1) is 19.3. The van der Waals surface area contributed by atoms with Crippen molar-refractivity contribution >= 4 is 17.6 Å². The minimum absolute atomic E-state index is 0.197. The zero-order chi connectivity index (χ0) is 20.1. The first-order valence-corrected chi connectivity index (χ1v) is 8.65. The quantitative estimate of drug-likeness (QED) is 0.762. The van der Waals surface area contributed by atoms with Crippen LogP contribution in [0, 0.1) is 0 Å². The van der Waals surface area contributed by atoms with Crippen LogP contribution in [0.2, 0.25) is 0 Å². The van der Waals surface area contributed by atoms with Gasteiger partial charge in [-0.1, -0.05) is 0 Å². The highest BCUT2D eigenvalue weighted by Crippen LogP contribution is 2.32. The largest absolute Gasteiger partial charge is 0.497 e. The first-order valence-electron chi connectivity index (χ1n) is 8.65. The highest BCUT2D eigenvalue weighted by atomic mass is 16.6. The second-order valence-corrected chi connectivity index (χ2v) is 5.96. The van der Waals surface area contributed by atoms with Gasteiger partial charge in [0, 0.05) is 17.8 Å². The van der Waals surface area contributed by atoms with E-state index in [9.17, 15) is 9.59 Å². The van der Waals surface area contributed by atoms with Crippen LogP contribution in [0.3, 0.4) is 0 Å². The van der Waals surface area contributed by atoms with E-state index in [4.69, 9.17) is 23.7 Å². The van der Waals surface area contributed by atoms with Gasteiger partial charge in [0.1, 0.15) is 30.3 Å². The molecule has 0 radical (unpaired) electrons. The van der Waals surface area contributed by atoms with E-state index in [0.29, 0.717) is 41.9 Å². The molecule has 0 saturated carbocycles. The Morgan fingerprint density at radius 1 is 1.00 bits per heavy atom. The van der Waals surface area contributed by atoms with Gasteiger partial charge < -0.3 is 29.0 Å². The summed E-state index contributed by atoms with van der Waals surface area (Å²) in [4.78, 5) is 24.8. The third-order valence-electron chi connectivity index (χ3n) is 4.09. The van der Waals surface area contributed by atoms with Crippen LogP contribution in [0.25, 0.3) is 0 Å². The van der Waals surface area contributed by atoms with E-state index in [0.717, 1.165) is 0 Å². The summed E-state index contributed by atoms with van der Waals surface area (Å²) < 4.78 is 26.5. The van der Waals surface area contributed by atoms with E-state index in [1.54, 1.807) is 30.3 Å². The van der Waals surface area contributed by atoms with Gasteiger partial charge in [-0.25, -0.2) is 4.79 Å². The van der Waals surface area contributed by atoms with E-state index in [-0.39, 0.29) is 5.56 Å². The Kier molecular flexibility index (Phi) is 5.88. The SMILES string of the molecule is COc1ccc(C(=O)O[C@@H](C)C(=O)Nc2ccc3c(c2)OCCO3)c(OC)c1. The summed E-state index contributed by atoms with van der Waals surface area (Å²) in [6.45, 7) is 2.42. The van der Waals surface area contributed by atoms with Crippen molar-refractivity contribution in [2.45, 2.75) is 13.0 Å². The number of benzene rings is 2. The van der Waals surface area contributed by atoms with Crippen molar-refractivity contribution in [1.82, 2.24) is 0 Å². The summed E-state index contributed by atoms with van der Waals surface area (Å²) in [6, 6.07) is 9.75. The summed E-state index contributed by atoms with van der Waals surface area (Å²) in [7, 11) is 2.95. The summed E-state index contributed by atoms with van der Waals surface area (Å²) >= 11 is 0. The molecule has 0 fully saturated rings. The van der Waals surface area contributed by atoms with E-state index >= 15 is 0 Å². The van der Waals surface area contributed by atoms with Crippen molar-refractivity contribution in [3.63, 3.8) is 0 Å². The number of amides is 1. The van der Waals surface area contributed by atoms with Crippen molar-refractivity contribution in [2.75, 3.05) is 32.8 Å². The van der Waals surface area contributed by atoms with Gasteiger partial charge in [-0.3, -0.25) is 4.79 Å². The summed E-state index contributed by atoms with van der Waals surface area (Å²) in [6.07, 6.45) is -1.02. The van der Waals surface area contributed by atoms with Crippen molar-refractivity contribution in [3.8, 4) is 23.0 Å². The lowest BCUT2D eigenvalue weighted by molar-refractivity contribution is -0.123. The molecule has 2 aromatic rings. The molecule has 8 nitrogen and oxygen atoms in total. The van der Waals surface area contributed by atoms with Crippen LogP contribution in [-0.2, 0) is 9.53 Å². The fourth-order valence-corrected chi connectivity index (χ4v) is 2.61. The van der Waals surface area contributed by atoms with Crippen molar-refractivity contribution < 1.29 is 33.3 Å². The molecular formula is C20H21NO7. The second-order valence-electron chi connectivity index (χ2n) is 5.96. The number of methoxy groups -OCH3 is 2. The van der Waals surface area contributed by atoms with Crippen molar-refractivity contribution in [1.29, 1.82) is 0 Å². The fraction of sp³-hybridized carbons (Fsp3) is 0.300. The van der Waals surface area contributed by atoms with Gasteiger partial charge in [0.25, 0.3) is 5.91 Å². The predicted molar refractivity (Wildman–Crippen MR) is 100 cm³/mol. The van der Waals surface area contributed by atoms with Gasteiger partial charge in [0.2, 0.25) is 0 Å². The maximum atomic E-state index is 12.4. The third-order valence-corrected chi connectivity index (χ3v) is 4.09. The molecule has 0 unspecified atom stereocenters. The number of carbonyl (C=O) groups excluding carboxylic acids is 2. The summed E-state index contributed by atoms with van der Waals surface area (Å²) in [5.74, 6) is 0.857. The van der Waals surface area contributed by atoms with Gasteiger partial charge in [0.05, 0.1) is 14.2 Å². The average Bonchev–Trinajstić information content (AvgIpc) is 2.72. The molecule has 0 saturated heterocycles. The molecule has 2 aromatic carbocycles. The lowest BCUT2D eigenvalue weighted by Gasteiger charge is -2.19. The normalized spacial score (nSPS) is 13.2. The van der Waals surface area contributed by atoms with Crippen LogP contribution >= 0.6 is 0 Å². The second kappa shape index (κ2) is 8.51. The van der Waals surface area contributed by atoms with E-state index in [2.05, 4.69) is 5.32 Å². The molecule has 0 aromatic heterocycles. The number of fused-ring (bicyclic) bond motifs is 1. The number of carbonyl (C=O) groups is 2. The van der Waals surface area contributed by atoms with Crippen LogP contribution in [0.5, 0.6) is 23.0 Å². The highest BCUT2D eigenvalue weighted by molar-refractivity contribution is 5.98. The molecule has 1 aliphatic heterocycles. The summed E-state index contributed by atoms with van der Waals surface area (Å²) in [5.41, 5.74) is 0.710. The molecule has 1 N–H and O–H groups in total. The molecule has 28 heavy (non-hydrogen) atoms. The van der Waals surface area contributed by atoms with Crippen molar-refractivity contribution in [2.24, 2.45) is 0 Å². The minimum atomic E-state index is -1.02. The highest BCUT2D eigenvalue weighted by Gasteiger charge is 2.22. The van der Waals surface area contributed by atoms with Crippen LogP contribution in [-0.4, -0.2) is 45.4 Å². The molecule has 0 bridgehead atoms. The van der Waals surface area contributed by atoms with E-state index < -0.39 is 18.0 Å². The number of anilines is 1. The zero-order valence-electron chi connectivity index (χ0n) is 15.8. The van der Waals surface area contributed by atoms with Crippen LogP contribution in [0.15, 0.2) is 36.4 Å².